The van der Waals surface area contributed by atoms with E-state index in [1.165, 1.54) is 6.08 Å². The van der Waals surface area contributed by atoms with Crippen LogP contribution in [0.1, 0.15) is 25.3 Å². The molecule has 1 atom stereocenters. The number of benzene rings is 1. The number of hydrogen-bond donors (Lipinski definition) is 0. The summed E-state index contributed by atoms with van der Waals surface area (Å²) in [7, 11) is 3.15. The number of carbonyl (C=O) groups excluding carboxylic acids is 2. The highest BCUT2D eigenvalue weighted by atomic mass is 16.5. The van der Waals surface area contributed by atoms with E-state index in [-0.39, 0.29) is 17.8 Å². The maximum atomic E-state index is 12.4. The Labute approximate surface area is 148 Å². The van der Waals surface area contributed by atoms with Gasteiger partial charge in [0.25, 0.3) is 0 Å². The summed E-state index contributed by atoms with van der Waals surface area (Å²) in [6, 6.07) is 5.45. The Balaban J connectivity index is 2.01. The fourth-order valence-corrected chi connectivity index (χ4v) is 2.86. The zero-order valence-corrected chi connectivity index (χ0v) is 15.0. The van der Waals surface area contributed by atoms with Crippen molar-refractivity contribution >= 4 is 18.0 Å². The molecule has 136 valence electrons. The van der Waals surface area contributed by atoms with E-state index in [9.17, 15) is 9.59 Å². The molecule has 0 N–H and O–H groups in total. The SMILES string of the molecule is CCOC(=O)C1CCCN(C(=O)C=Cc2ccc(OC)c(OC)c2)C1. The standard InChI is InChI=1S/C19H25NO5/c1-4-25-19(22)15-6-5-11-20(13-15)18(21)10-8-14-7-9-16(23-2)17(12-14)24-3/h7-10,12,15H,4-6,11,13H2,1-3H3. The van der Waals surface area contributed by atoms with Crippen molar-refractivity contribution in [3.8, 4) is 11.5 Å². The van der Waals surface area contributed by atoms with E-state index in [0.29, 0.717) is 31.2 Å². The maximum Gasteiger partial charge on any atom is 0.310 e. The molecule has 0 radical (unpaired) electrons. The van der Waals surface area contributed by atoms with Crippen LogP contribution in [0, 0.1) is 5.92 Å². The Hall–Kier alpha value is -2.50. The van der Waals surface area contributed by atoms with Crippen molar-refractivity contribution in [3.05, 3.63) is 29.8 Å². The molecular weight excluding hydrogens is 322 g/mol. The third kappa shape index (κ3) is 4.98. The Bertz CT molecular complexity index is 641. The van der Waals surface area contributed by atoms with Crippen LogP contribution in [0.4, 0.5) is 0 Å². The van der Waals surface area contributed by atoms with Gasteiger partial charge in [0.2, 0.25) is 5.91 Å². The number of likely N-dealkylation sites (tertiary alicyclic amines) is 1. The van der Waals surface area contributed by atoms with Gasteiger partial charge in [0.15, 0.2) is 11.5 Å². The van der Waals surface area contributed by atoms with E-state index in [0.717, 1.165) is 18.4 Å². The molecule has 1 aliphatic heterocycles. The van der Waals surface area contributed by atoms with Crippen LogP contribution in [0.2, 0.25) is 0 Å². The van der Waals surface area contributed by atoms with Crippen molar-refractivity contribution in [2.75, 3.05) is 33.9 Å². The van der Waals surface area contributed by atoms with Gasteiger partial charge in [-0.25, -0.2) is 0 Å². The number of hydrogen-bond acceptors (Lipinski definition) is 5. The Kier molecular flexibility index (Phi) is 6.86. The lowest BCUT2D eigenvalue weighted by Crippen LogP contribution is -2.42. The van der Waals surface area contributed by atoms with Gasteiger partial charge in [-0.05, 0) is 43.5 Å². The first kappa shape index (κ1) is 18.8. The molecule has 1 aromatic carbocycles. The highest BCUT2D eigenvalue weighted by molar-refractivity contribution is 5.92. The summed E-state index contributed by atoms with van der Waals surface area (Å²) < 4.78 is 15.5. The van der Waals surface area contributed by atoms with Crippen LogP contribution in [-0.2, 0) is 14.3 Å². The molecule has 0 saturated carbocycles. The average Bonchev–Trinajstić information content (AvgIpc) is 2.66. The molecule has 6 heteroatoms. The monoisotopic (exact) mass is 347 g/mol. The highest BCUT2D eigenvalue weighted by Gasteiger charge is 2.28. The van der Waals surface area contributed by atoms with Crippen molar-refractivity contribution < 1.29 is 23.8 Å². The summed E-state index contributed by atoms with van der Waals surface area (Å²) in [5.74, 6) is 0.691. The first-order valence-corrected chi connectivity index (χ1v) is 8.44. The van der Waals surface area contributed by atoms with Gasteiger partial charge in [0, 0.05) is 19.2 Å². The van der Waals surface area contributed by atoms with E-state index in [1.54, 1.807) is 44.3 Å². The molecule has 6 nitrogen and oxygen atoms in total. The van der Waals surface area contributed by atoms with Gasteiger partial charge in [0.1, 0.15) is 0 Å². The Morgan fingerprint density at radius 3 is 2.68 bits per heavy atom. The van der Waals surface area contributed by atoms with Crippen LogP contribution in [-0.4, -0.2) is 50.7 Å². The maximum absolute atomic E-state index is 12.4. The number of nitrogens with zero attached hydrogens (tertiary/aromatic N) is 1. The molecule has 2 rings (SSSR count). The summed E-state index contributed by atoms with van der Waals surface area (Å²) in [5, 5.41) is 0. The second-order valence-corrected chi connectivity index (χ2v) is 5.82. The molecule has 1 unspecified atom stereocenters. The van der Waals surface area contributed by atoms with Gasteiger partial charge in [0.05, 0.1) is 26.7 Å². The van der Waals surface area contributed by atoms with Gasteiger partial charge >= 0.3 is 5.97 Å². The molecular formula is C19H25NO5. The highest BCUT2D eigenvalue weighted by Crippen LogP contribution is 2.28. The zero-order chi connectivity index (χ0) is 18.2. The smallest absolute Gasteiger partial charge is 0.310 e. The lowest BCUT2D eigenvalue weighted by atomic mass is 9.98. The summed E-state index contributed by atoms with van der Waals surface area (Å²) in [4.78, 5) is 26.0. The molecule has 0 spiro atoms. The van der Waals surface area contributed by atoms with Crippen molar-refractivity contribution in [1.82, 2.24) is 4.90 Å². The number of rotatable bonds is 6. The number of amides is 1. The van der Waals surface area contributed by atoms with Gasteiger partial charge in [-0.1, -0.05) is 6.07 Å². The first-order chi connectivity index (χ1) is 12.1. The van der Waals surface area contributed by atoms with E-state index < -0.39 is 0 Å². The Morgan fingerprint density at radius 1 is 1.24 bits per heavy atom. The third-order valence-electron chi connectivity index (χ3n) is 4.18. The van der Waals surface area contributed by atoms with Crippen LogP contribution < -0.4 is 9.47 Å². The molecule has 1 fully saturated rings. The fourth-order valence-electron chi connectivity index (χ4n) is 2.86. The summed E-state index contributed by atoms with van der Waals surface area (Å²) >= 11 is 0. The zero-order valence-electron chi connectivity index (χ0n) is 15.0. The second-order valence-electron chi connectivity index (χ2n) is 5.82. The minimum absolute atomic E-state index is 0.108. The molecule has 1 amide bonds. The molecule has 0 aromatic heterocycles. The minimum Gasteiger partial charge on any atom is -0.493 e. The van der Waals surface area contributed by atoms with Gasteiger partial charge in [-0.2, -0.15) is 0 Å². The molecule has 0 bridgehead atoms. The average molecular weight is 347 g/mol. The molecule has 25 heavy (non-hydrogen) atoms. The number of methoxy groups -OCH3 is 2. The quantitative estimate of drug-likeness (QED) is 0.584. The molecule has 0 aliphatic carbocycles. The minimum atomic E-state index is -0.230. The van der Waals surface area contributed by atoms with Crippen LogP contribution in [0.25, 0.3) is 6.08 Å². The number of carbonyl (C=O) groups is 2. The predicted octanol–water partition coefficient (Wildman–Crippen LogP) is 2.52. The van der Waals surface area contributed by atoms with Crippen LogP contribution in [0.15, 0.2) is 24.3 Å². The lowest BCUT2D eigenvalue weighted by molar-refractivity contribution is -0.150. The van der Waals surface area contributed by atoms with Gasteiger partial charge in [-0.15, -0.1) is 0 Å². The van der Waals surface area contributed by atoms with Crippen molar-refractivity contribution in [2.24, 2.45) is 5.92 Å². The molecule has 1 saturated heterocycles. The van der Waals surface area contributed by atoms with Crippen molar-refractivity contribution in [1.29, 1.82) is 0 Å². The van der Waals surface area contributed by atoms with E-state index in [1.807, 2.05) is 6.07 Å². The van der Waals surface area contributed by atoms with Crippen molar-refractivity contribution in [2.45, 2.75) is 19.8 Å². The second kappa shape index (κ2) is 9.11. The fraction of sp³-hybridized carbons (Fsp3) is 0.474. The van der Waals surface area contributed by atoms with Crippen LogP contribution in [0.5, 0.6) is 11.5 Å². The summed E-state index contributed by atoms with van der Waals surface area (Å²) in [6.45, 7) is 3.22. The Morgan fingerprint density at radius 2 is 2.00 bits per heavy atom. The lowest BCUT2D eigenvalue weighted by Gasteiger charge is -2.30. The molecule has 1 aromatic rings. The molecule has 1 heterocycles. The largest absolute Gasteiger partial charge is 0.493 e. The third-order valence-corrected chi connectivity index (χ3v) is 4.18. The van der Waals surface area contributed by atoms with E-state index in [4.69, 9.17) is 14.2 Å². The van der Waals surface area contributed by atoms with Gasteiger partial charge < -0.3 is 19.1 Å². The number of ether oxygens (including phenoxy) is 3. The number of esters is 1. The first-order valence-electron chi connectivity index (χ1n) is 8.44. The van der Waals surface area contributed by atoms with Crippen LogP contribution >= 0.6 is 0 Å². The topological polar surface area (TPSA) is 65.1 Å². The summed E-state index contributed by atoms with van der Waals surface area (Å²) in [6.07, 6.45) is 4.83. The number of piperidine rings is 1. The normalized spacial score (nSPS) is 17.4. The van der Waals surface area contributed by atoms with E-state index >= 15 is 0 Å². The van der Waals surface area contributed by atoms with E-state index in [2.05, 4.69) is 0 Å². The predicted molar refractivity (Wildman–Crippen MR) is 94.5 cm³/mol. The van der Waals surface area contributed by atoms with Gasteiger partial charge in [-0.3, -0.25) is 9.59 Å². The summed E-state index contributed by atoms with van der Waals surface area (Å²) in [5.41, 5.74) is 0.838. The molecule has 1 aliphatic rings. The van der Waals surface area contributed by atoms with Crippen LogP contribution in [0.3, 0.4) is 0 Å². The van der Waals surface area contributed by atoms with Crippen molar-refractivity contribution in [3.63, 3.8) is 0 Å².